The van der Waals surface area contributed by atoms with Gasteiger partial charge in [-0.15, -0.1) is 0 Å². The molecule has 0 aliphatic rings. The lowest BCUT2D eigenvalue weighted by molar-refractivity contribution is 0.474. The van der Waals surface area contributed by atoms with E-state index in [1.165, 1.54) is 0 Å². The minimum Gasteiger partial charge on any atom is -0.507 e. The van der Waals surface area contributed by atoms with Gasteiger partial charge < -0.3 is 5.11 Å². The number of benzene rings is 1. The molecular weight excluding hydrogens is 248 g/mol. The van der Waals surface area contributed by atoms with Crippen molar-refractivity contribution in [3.05, 3.63) is 40.4 Å². The van der Waals surface area contributed by atoms with Gasteiger partial charge in [-0.25, -0.2) is 0 Å². The topological polar surface area (TPSA) is 66.2 Å². The molecule has 94 valence electrons. The standard InChI is InChI=1S/C12H14N4OS/c1-2-5-11-14-15-12(18)16(11)13-8-9-6-3-4-7-10(9)17/h3-4,6-8,17H,2,5H2,1H3,(H,15,18)/b13-8+. The molecule has 0 unspecified atom stereocenters. The summed E-state index contributed by atoms with van der Waals surface area (Å²) in [5.41, 5.74) is 0.642. The highest BCUT2D eigenvalue weighted by Gasteiger charge is 2.03. The van der Waals surface area contributed by atoms with Crippen molar-refractivity contribution in [2.24, 2.45) is 5.10 Å². The molecule has 1 aromatic heterocycles. The lowest BCUT2D eigenvalue weighted by Crippen LogP contribution is -1.98. The summed E-state index contributed by atoms with van der Waals surface area (Å²) < 4.78 is 2.02. The maximum Gasteiger partial charge on any atom is 0.216 e. The molecule has 5 nitrogen and oxygen atoms in total. The molecule has 0 spiro atoms. The van der Waals surface area contributed by atoms with E-state index in [0.717, 1.165) is 18.7 Å². The predicted octanol–water partition coefficient (Wildman–Crippen LogP) is 2.48. The first-order valence-electron chi connectivity index (χ1n) is 5.71. The van der Waals surface area contributed by atoms with Crippen LogP contribution in [-0.4, -0.2) is 26.2 Å². The summed E-state index contributed by atoms with van der Waals surface area (Å²) in [7, 11) is 0. The van der Waals surface area contributed by atoms with Crippen LogP contribution in [0.1, 0.15) is 24.7 Å². The van der Waals surface area contributed by atoms with Crippen LogP contribution in [0.3, 0.4) is 0 Å². The van der Waals surface area contributed by atoms with Crippen molar-refractivity contribution in [3.63, 3.8) is 0 Å². The van der Waals surface area contributed by atoms with Gasteiger partial charge in [0.05, 0.1) is 6.21 Å². The number of nitrogens with one attached hydrogen (secondary N) is 1. The van der Waals surface area contributed by atoms with Gasteiger partial charge in [0.2, 0.25) is 4.77 Å². The van der Waals surface area contributed by atoms with Gasteiger partial charge in [0.25, 0.3) is 0 Å². The molecule has 1 aromatic carbocycles. The third-order valence-electron chi connectivity index (χ3n) is 2.44. The molecule has 1 heterocycles. The molecule has 0 saturated carbocycles. The summed E-state index contributed by atoms with van der Waals surface area (Å²) >= 11 is 5.10. The van der Waals surface area contributed by atoms with Crippen molar-refractivity contribution < 1.29 is 5.11 Å². The summed E-state index contributed by atoms with van der Waals surface area (Å²) in [5.74, 6) is 0.975. The summed E-state index contributed by atoms with van der Waals surface area (Å²) in [6, 6.07) is 6.99. The fourth-order valence-electron chi connectivity index (χ4n) is 1.55. The number of aromatic nitrogens is 3. The summed E-state index contributed by atoms with van der Waals surface area (Å²) in [6.45, 7) is 2.06. The maximum absolute atomic E-state index is 9.63. The Morgan fingerprint density at radius 3 is 3.00 bits per heavy atom. The number of phenolic OH excluding ortho intramolecular Hbond substituents is 1. The van der Waals surface area contributed by atoms with Crippen molar-refractivity contribution >= 4 is 18.4 Å². The number of para-hydroxylation sites is 1. The second-order valence-corrected chi connectivity index (χ2v) is 4.20. The zero-order chi connectivity index (χ0) is 13.0. The first kappa shape index (κ1) is 12.5. The Kier molecular flexibility index (Phi) is 3.88. The summed E-state index contributed by atoms with van der Waals surface area (Å²) in [5, 5.41) is 20.7. The zero-order valence-corrected chi connectivity index (χ0v) is 10.8. The number of aromatic amines is 1. The van der Waals surface area contributed by atoms with E-state index in [4.69, 9.17) is 12.2 Å². The smallest absolute Gasteiger partial charge is 0.216 e. The number of phenols is 1. The Hall–Kier alpha value is -1.95. The maximum atomic E-state index is 9.63. The molecule has 2 N–H and O–H groups in total. The van der Waals surface area contributed by atoms with Gasteiger partial charge in [0.15, 0.2) is 5.82 Å². The van der Waals surface area contributed by atoms with E-state index < -0.39 is 0 Å². The molecule has 0 fully saturated rings. The van der Waals surface area contributed by atoms with Gasteiger partial charge in [0, 0.05) is 12.0 Å². The van der Waals surface area contributed by atoms with Gasteiger partial charge in [-0.3, -0.25) is 5.10 Å². The fourth-order valence-corrected chi connectivity index (χ4v) is 1.74. The first-order chi connectivity index (χ1) is 8.72. The van der Waals surface area contributed by atoms with E-state index in [2.05, 4.69) is 22.2 Å². The highest BCUT2D eigenvalue weighted by Crippen LogP contribution is 2.13. The summed E-state index contributed by atoms with van der Waals surface area (Å²) in [6.07, 6.45) is 3.33. The van der Waals surface area contributed by atoms with Crippen molar-refractivity contribution in [2.75, 3.05) is 0 Å². The number of nitrogens with zero attached hydrogens (tertiary/aromatic N) is 3. The molecular formula is C12H14N4OS. The molecule has 2 aromatic rings. The van der Waals surface area contributed by atoms with Crippen molar-refractivity contribution in [3.8, 4) is 5.75 Å². The number of hydrogen-bond acceptors (Lipinski definition) is 4. The molecule has 18 heavy (non-hydrogen) atoms. The SMILES string of the molecule is CCCc1n[nH]c(=S)n1/N=C/c1ccccc1O. The Balaban J connectivity index is 2.32. The molecule has 0 bridgehead atoms. The van der Waals surface area contributed by atoms with Crippen LogP contribution in [0, 0.1) is 4.77 Å². The molecule has 0 saturated heterocycles. The van der Waals surface area contributed by atoms with Crippen LogP contribution in [0.2, 0.25) is 0 Å². The van der Waals surface area contributed by atoms with E-state index in [0.29, 0.717) is 10.3 Å². The molecule has 2 rings (SSSR count). The van der Waals surface area contributed by atoms with Crippen LogP contribution in [0.4, 0.5) is 0 Å². The van der Waals surface area contributed by atoms with Crippen molar-refractivity contribution in [2.45, 2.75) is 19.8 Å². The quantitative estimate of drug-likeness (QED) is 0.657. The second kappa shape index (κ2) is 5.59. The Morgan fingerprint density at radius 2 is 2.28 bits per heavy atom. The molecule has 6 heteroatoms. The molecule has 0 aliphatic heterocycles. The number of hydrogen-bond donors (Lipinski definition) is 2. The lowest BCUT2D eigenvalue weighted by Gasteiger charge is -1.99. The van der Waals surface area contributed by atoms with E-state index in [9.17, 15) is 5.11 Å². The normalized spacial score (nSPS) is 11.2. The van der Waals surface area contributed by atoms with Gasteiger partial charge in [-0.05, 0) is 30.8 Å². The highest BCUT2D eigenvalue weighted by atomic mass is 32.1. The van der Waals surface area contributed by atoms with Crippen LogP contribution < -0.4 is 0 Å². The molecule has 0 amide bonds. The van der Waals surface area contributed by atoms with Gasteiger partial charge in [0.1, 0.15) is 5.75 Å². The van der Waals surface area contributed by atoms with Gasteiger partial charge in [-0.2, -0.15) is 14.9 Å². The average molecular weight is 262 g/mol. The molecule has 0 atom stereocenters. The number of aryl methyl sites for hydroxylation is 1. The molecule has 0 radical (unpaired) electrons. The van der Waals surface area contributed by atoms with Crippen LogP contribution in [0.5, 0.6) is 5.75 Å². The van der Waals surface area contributed by atoms with E-state index in [1.54, 1.807) is 29.1 Å². The van der Waals surface area contributed by atoms with E-state index in [-0.39, 0.29) is 5.75 Å². The monoisotopic (exact) mass is 262 g/mol. The zero-order valence-electron chi connectivity index (χ0n) is 10.00. The Labute approximate surface area is 110 Å². The van der Waals surface area contributed by atoms with Gasteiger partial charge in [-0.1, -0.05) is 19.1 Å². The third kappa shape index (κ3) is 2.65. The largest absolute Gasteiger partial charge is 0.507 e. The first-order valence-corrected chi connectivity index (χ1v) is 6.12. The van der Waals surface area contributed by atoms with Crippen molar-refractivity contribution in [1.29, 1.82) is 0 Å². The molecule has 0 aliphatic carbocycles. The van der Waals surface area contributed by atoms with Crippen LogP contribution in [0.25, 0.3) is 0 Å². The minimum absolute atomic E-state index is 0.188. The van der Waals surface area contributed by atoms with Gasteiger partial charge >= 0.3 is 0 Å². The second-order valence-electron chi connectivity index (χ2n) is 3.81. The minimum atomic E-state index is 0.188. The number of rotatable bonds is 4. The highest BCUT2D eigenvalue weighted by molar-refractivity contribution is 7.71. The lowest BCUT2D eigenvalue weighted by atomic mass is 10.2. The van der Waals surface area contributed by atoms with Crippen LogP contribution in [0.15, 0.2) is 29.4 Å². The van der Waals surface area contributed by atoms with E-state index in [1.807, 2.05) is 6.07 Å². The third-order valence-corrected chi connectivity index (χ3v) is 2.70. The average Bonchev–Trinajstić information content (AvgIpc) is 2.70. The van der Waals surface area contributed by atoms with E-state index >= 15 is 0 Å². The fraction of sp³-hybridized carbons (Fsp3) is 0.250. The Bertz CT molecular complexity index is 615. The number of H-pyrrole nitrogens is 1. The number of aromatic hydroxyl groups is 1. The summed E-state index contributed by atoms with van der Waals surface area (Å²) in [4.78, 5) is 0. The van der Waals surface area contributed by atoms with Crippen LogP contribution in [-0.2, 0) is 6.42 Å². The Morgan fingerprint density at radius 1 is 1.50 bits per heavy atom. The predicted molar refractivity (Wildman–Crippen MR) is 72.5 cm³/mol. The van der Waals surface area contributed by atoms with Crippen LogP contribution >= 0.6 is 12.2 Å². The van der Waals surface area contributed by atoms with Crippen molar-refractivity contribution in [1.82, 2.24) is 14.9 Å².